The fourth-order valence-corrected chi connectivity index (χ4v) is 4.60. The molecule has 0 aromatic carbocycles. The van der Waals surface area contributed by atoms with Gasteiger partial charge in [0.2, 0.25) is 7.37 Å². The Morgan fingerprint density at radius 2 is 1.92 bits per heavy atom. The van der Waals surface area contributed by atoms with E-state index in [0.717, 1.165) is 0 Å². The minimum atomic E-state index is -3.81. The lowest BCUT2D eigenvalue weighted by atomic mass is 10.2. The van der Waals surface area contributed by atoms with E-state index in [9.17, 15) is 19.0 Å². The van der Waals surface area contributed by atoms with Gasteiger partial charge in [0.1, 0.15) is 11.4 Å². The molecule has 0 saturated heterocycles. The minimum absolute atomic E-state index is 0.213. The fourth-order valence-electron chi connectivity index (χ4n) is 1.93. The first-order valence-electron chi connectivity index (χ1n) is 7.89. The summed E-state index contributed by atoms with van der Waals surface area (Å²) in [6.07, 6.45) is 1.19. The Kier molecular flexibility index (Phi) is 10.0. The molecule has 0 saturated carbocycles. The molecular formula is C15H30NO6PS. The number of alkyl carbamates (subject to hydrolysis) is 1. The summed E-state index contributed by atoms with van der Waals surface area (Å²) in [5.41, 5.74) is -0.703. The zero-order valence-electron chi connectivity index (χ0n) is 15.3. The molecular weight excluding hydrogens is 353 g/mol. The number of rotatable bonds is 9. The molecule has 0 aromatic rings. The summed E-state index contributed by atoms with van der Waals surface area (Å²) < 4.78 is 22.7. The van der Waals surface area contributed by atoms with Gasteiger partial charge in [0, 0.05) is 6.16 Å². The first-order chi connectivity index (χ1) is 10.9. The molecule has 0 radical (unpaired) electrons. The number of esters is 1. The second-order valence-corrected chi connectivity index (χ2v) is 10.0. The van der Waals surface area contributed by atoms with Gasteiger partial charge in [-0.05, 0) is 46.1 Å². The van der Waals surface area contributed by atoms with E-state index in [-0.39, 0.29) is 12.8 Å². The van der Waals surface area contributed by atoms with Crippen molar-refractivity contribution in [2.45, 2.75) is 52.4 Å². The van der Waals surface area contributed by atoms with Gasteiger partial charge in [-0.3, -0.25) is 9.36 Å². The van der Waals surface area contributed by atoms with E-state index in [0.29, 0.717) is 12.2 Å². The maximum absolute atomic E-state index is 12.7. The number of hydrogen-bond donors (Lipinski definition) is 2. The summed E-state index contributed by atoms with van der Waals surface area (Å²) in [6.45, 7) is 8.57. The van der Waals surface area contributed by atoms with E-state index in [1.807, 2.05) is 6.26 Å². The average molecular weight is 383 g/mol. The van der Waals surface area contributed by atoms with Crippen molar-refractivity contribution in [3.8, 4) is 0 Å². The van der Waals surface area contributed by atoms with E-state index in [4.69, 9.17) is 9.47 Å². The molecule has 1 amide bonds. The van der Waals surface area contributed by atoms with Crippen LogP contribution in [-0.4, -0.2) is 53.1 Å². The first kappa shape index (κ1) is 23.3. The average Bonchev–Trinajstić information content (AvgIpc) is 2.40. The van der Waals surface area contributed by atoms with E-state index >= 15 is 0 Å². The van der Waals surface area contributed by atoms with Crippen LogP contribution in [0.3, 0.4) is 0 Å². The summed E-state index contributed by atoms with van der Waals surface area (Å²) >= 11 is 1.50. The second kappa shape index (κ2) is 10.3. The van der Waals surface area contributed by atoms with Crippen molar-refractivity contribution < 1.29 is 28.5 Å². The smallest absolute Gasteiger partial charge is 0.408 e. The van der Waals surface area contributed by atoms with Gasteiger partial charge in [-0.15, -0.1) is 0 Å². The Morgan fingerprint density at radius 1 is 1.33 bits per heavy atom. The summed E-state index contributed by atoms with van der Waals surface area (Å²) in [4.78, 5) is 34.0. The molecule has 2 N–H and O–H groups in total. The second-order valence-electron chi connectivity index (χ2n) is 6.53. The Labute approximate surface area is 148 Å². The van der Waals surface area contributed by atoms with Gasteiger partial charge in [-0.2, -0.15) is 11.8 Å². The third-order valence-corrected chi connectivity index (χ3v) is 6.07. The molecule has 24 heavy (non-hydrogen) atoms. The highest BCUT2D eigenvalue weighted by atomic mass is 32.2. The van der Waals surface area contributed by atoms with Gasteiger partial charge in [0.15, 0.2) is 0 Å². The normalized spacial score (nSPS) is 16.6. The molecule has 7 nitrogen and oxygen atoms in total. The summed E-state index contributed by atoms with van der Waals surface area (Å²) in [7, 11) is -3.81. The molecule has 0 aliphatic carbocycles. The van der Waals surface area contributed by atoms with Crippen molar-refractivity contribution in [1.29, 1.82) is 0 Å². The van der Waals surface area contributed by atoms with Crippen LogP contribution in [0.25, 0.3) is 0 Å². The molecule has 0 aliphatic heterocycles. The number of amides is 1. The lowest BCUT2D eigenvalue weighted by molar-refractivity contribution is -0.146. The number of ether oxygens (including phenoxy) is 2. The van der Waals surface area contributed by atoms with Crippen molar-refractivity contribution in [2.24, 2.45) is 5.92 Å². The number of carbonyl (C=O) groups excluding carboxylic acids is 2. The van der Waals surface area contributed by atoms with Crippen LogP contribution in [0.2, 0.25) is 0 Å². The van der Waals surface area contributed by atoms with Crippen molar-refractivity contribution in [1.82, 2.24) is 5.32 Å². The number of carbonyl (C=O) groups is 2. The quantitative estimate of drug-likeness (QED) is 0.466. The van der Waals surface area contributed by atoms with Crippen LogP contribution in [0, 0.1) is 5.92 Å². The molecule has 142 valence electrons. The molecule has 9 heteroatoms. The molecule has 3 unspecified atom stereocenters. The van der Waals surface area contributed by atoms with Crippen molar-refractivity contribution in [3.63, 3.8) is 0 Å². The summed E-state index contributed by atoms with van der Waals surface area (Å²) in [5, 5.41) is 2.49. The zero-order chi connectivity index (χ0) is 19.0. The molecule has 0 aliphatic rings. The maximum atomic E-state index is 12.7. The lowest BCUT2D eigenvalue weighted by Crippen LogP contribution is -2.40. The molecule has 0 heterocycles. The van der Waals surface area contributed by atoms with E-state index in [1.165, 1.54) is 11.8 Å². The molecule has 0 aromatic heterocycles. The third-order valence-electron chi connectivity index (χ3n) is 2.99. The minimum Gasteiger partial charge on any atom is -0.466 e. The van der Waals surface area contributed by atoms with Gasteiger partial charge < -0.3 is 19.7 Å². The SMILES string of the molecule is CCOC(=O)C(C)CP(=O)(O)C(CCSC)NC(=O)OC(C)(C)C. The molecule has 3 atom stereocenters. The zero-order valence-corrected chi connectivity index (χ0v) is 17.0. The van der Waals surface area contributed by atoms with E-state index in [2.05, 4.69) is 5.32 Å². The Morgan fingerprint density at radius 3 is 2.38 bits per heavy atom. The fraction of sp³-hybridized carbons (Fsp3) is 0.867. The van der Waals surface area contributed by atoms with Crippen LogP contribution in [0.15, 0.2) is 0 Å². The predicted molar refractivity (Wildman–Crippen MR) is 96.6 cm³/mol. The van der Waals surface area contributed by atoms with Crippen LogP contribution >= 0.6 is 19.1 Å². The van der Waals surface area contributed by atoms with Crippen LogP contribution in [0.4, 0.5) is 4.79 Å². The highest BCUT2D eigenvalue weighted by Gasteiger charge is 2.36. The molecule has 0 rings (SSSR count). The molecule has 0 fully saturated rings. The van der Waals surface area contributed by atoms with Crippen LogP contribution in [0.1, 0.15) is 41.0 Å². The van der Waals surface area contributed by atoms with Gasteiger partial charge in [0.25, 0.3) is 0 Å². The van der Waals surface area contributed by atoms with Gasteiger partial charge in [-0.1, -0.05) is 6.92 Å². The predicted octanol–water partition coefficient (Wildman–Crippen LogP) is 3.06. The van der Waals surface area contributed by atoms with Crippen LogP contribution in [-0.2, 0) is 18.8 Å². The Hall–Kier alpha value is -0.720. The first-order valence-corrected chi connectivity index (χ1v) is 11.2. The van der Waals surface area contributed by atoms with E-state index in [1.54, 1.807) is 34.6 Å². The monoisotopic (exact) mass is 383 g/mol. The Balaban J connectivity index is 5.02. The van der Waals surface area contributed by atoms with Gasteiger partial charge in [0.05, 0.1) is 12.5 Å². The number of hydrogen-bond acceptors (Lipinski definition) is 6. The van der Waals surface area contributed by atoms with Gasteiger partial charge in [-0.25, -0.2) is 4.79 Å². The number of thioether (sulfide) groups is 1. The standard InChI is InChI=1S/C15H30NO6PS/c1-7-21-13(17)11(2)10-23(19,20)12(8-9-24-6)16-14(18)22-15(3,4)5/h11-12H,7-10H2,1-6H3,(H,16,18)(H,19,20). The summed E-state index contributed by atoms with van der Waals surface area (Å²) in [6, 6.07) is 0. The van der Waals surface area contributed by atoms with Crippen LogP contribution in [0.5, 0.6) is 0 Å². The maximum Gasteiger partial charge on any atom is 0.408 e. The van der Waals surface area contributed by atoms with E-state index < -0.39 is 36.7 Å². The molecule has 0 spiro atoms. The topological polar surface area (TPSA) is 102 Å². The number of nitrogens with one attached hydrogen (secondary N) is 1. The lowest BCUT2D eigenvalue weighted by Gasteiger charge is -2.27. The third kappa shape index (κ3) is 9.55. The van der Waals surface area contributed by atoms with Crippen LogP contribution < -0.4 is 5.32 Å². The van der Waals surface area contributed by atoms with Crippen molar-refractivity contribution in [2.75, 3.05) is 24.8 Å². The highest BCUT2D eigenvalue weighted by Crippen LogP contribution is 2.48. The largest absolute Gasteiger partial charge is 0.466 e. The summed E-state index contributed by atoms with van der Waals surface area (Å²) in [5.74, 6) is -1.61. The van der Waals surface area contributed by atoms with Crippen molar-refractivity contribution in [3.05, 3.63) is 0 Å². The van der Waals surface area contributed by atoms with Gasteiger partial charge >= 0.3 is 12.1 Å². The molecule has 0 bridgehead atoms. The Bertz CT molecular complexity index is 465. The highest BCUT2D eigenvalue weighted by molar-refractivity contribution is 7.98. The van der Waals surface area contributed by atoms with Crippen molar-refractivity contribution >= 4 is 31.2 Å².